The lowest BCUT2D eigenvalue weighted by atomic mass is 9.95. The number of benzene rings is 1. The molecule has 1 aliphatic heterocycles. The highest BCUT2D eigenvalue weighted by Crippen LogP contribution is 2.37. The zero-order chi connectivity index (χ0) is 13.9. The third kappa shape index (κ3) is 2.30. The average Bonchev–Trinajstić information content (AvgIpc) is 2.96. The molecule has 0 bridgehead atoms. The second-order valence-electron chi connectivity index (χ2n) is 4.70. The first-order chi connectivity index (χ1) is 9.79. The van der Waals surface area contributed by atoms with Gasteiger partial charge in [-0.1, -0.05) is 41.7 Å². The Morgan fingerprint density at radius 3 is 2.85 bits per heavy atom. The van der Waals surface area contributed by atoms with E-state index in [1.165, 1.54) is 17.5 Å². The summed E-state index contributed by atoms with van der Waals surface area (Å²) >= 11 is 1.27. The van der Waals surface area contributed by atoms with Gasteiger partial charge in [-0.05, 0) is 18.4 Å². The highest BCUT2D eigenvalue weighted by molar-refractivity contribution is 7.16. The molecule has 0 saturated carbocycles. The molecule has 2 aromatic rings. The number of aromatic nitrogens is 1. The third-order valence-corrected chi connectivity index (χ3v) is 4.34. The number of hydrogen-bond acceptors (Lipinski definition) is 4. The fourth-order valence-electron chi connectivity index (χ4n) is 2.53. The summed E-state index contributed by atoms with van der Waals surface area (Å²) in [7, 11) is 0. The highest BCUT2D eigenvalue weighted by Gasteiger charge is 2.32. The molecule has 1 fully saturated rings. The lowest BCUT2D eigenvalue weighted by molar-refractivity contribution is -0.120. The smallest absolute Gasteiger partial charge is 0.229 e. The predicted octanol–water partition coefficient (Wildman–Crippen LogP) is 3.27. The van der Waals surface area contributed by atoms with E-state index in [0.717, 1.165) is 18.4 Å². The Morgan fingerprint density at radius 2 is 2.15 bits per heavy atom. The van der Waals surface area contributed by atoms with Crippen LogP contribution in [0, 0.1) is 11.3 Å². The van der Waals surface area contributed by atoms with Crippen molar-refractivity contribution in [1.82, 2.24) is 4.98 Å². The van der Waals surface area contributed by atoms with Crippen LogP contribution in [0.2, 0.25) is 0 Å². The number of hydrogen-bond donors (Lipinski definition) is 0. The molecule has 3 rings (SSSR count). The number of amides is 1. The number of rotatable bonds is 2. The summed E-state index contributed by atoms with van der Waals surface area (Å²) in [4.78, 5) is 18.8. The Morgan fingerprint density at radius 1 is 1.35 bits per heavy atom. The maximum atomic E-state index is 12.3. The van der Waals surface area contributed by atoms with Crippen molar-refractivity contribution in [2.45, 2.75) is 25.3 Å². The van der Waals surface area contributed by atoms with Crippen LogP contribution in [0.25, 0.3) is 0 Å². The summed E-state index contributed by atoms with van der Waals surface area (Å²) in [5, 5.41) is 9.54. The lowest BCUT2D eigenvalue weighted by Gasteiger charge is -2.34. The quantitative estimate of drug-likeness (QED) is 0.850. The van der Waals surface area contributed by atoms with Crippen molar-refractivity contribution < 1.29 is 4.79 Å². The molecule has 1 amide bonds. The predicted molar refractivity (Wildman–Crippen MR) is 77.3 cm³/mol. The second-order valence-corrected chi connectivity index (χ2v) is 5.71. The van der Waals surface area contributed by atoms with Crippen LogP contribution in [-0.2, 0) is 4.79 Å². The first-order valence-corrected chi connectivity index (χ1v) is 7.34. The van der Waals surface area contributed by atoms with Crippen LogP contribution in [0.1, 0.15) is 35.7 Å². The van der Waals surface area contributed by atoms with E-state index >= 15 is 0 Å². The molecule has 5 heteroatoms. The van der Waals surface area contributed by atoms with Crippen molar-refractivity contribution in [3.63, 3.8) is 0 Å². The summed E-state index contributed by atoms with van der Waals surface area (Å²) in [6, 6.07) is 12.1. The summed E-state index contributed by atoms with van der Waals surface area (Å²) in [5.41, 5.74) is 1.12. The van der Waals surface area contributed by atoms with Crippen molar-refractivity contribution in [1.29, 1.82) is 5.26 Å². The van der Waals surface area contributed by atoms with E-state index < -0.39 is 0 Å². The number of thiazole rings is 1. The molecule has 0 spiro atoms. The fourth-order valence-corrected chi connectivity index (χ4v) is 3.31. The summed E-state index contributed by atoms with van der Waals surface area (Å²) < 4.78 is 0. The maximum absolute atomic E-state index is 12.3. The number of carbonyl (C=O) groups excluding carboxylic acids is 1. The molecule has 0 N–H and O–H groups in total. The van der Waals surface area contributed by atoms with E-state index in [1.54, 1.807) is 4.90 Å². The number of piperidine rings is 1. The van der Waals surface area contributed by atoms with E-state index in [9.17, 15) is 4.79 Å². The van der Waals surface area contributed by atoms with Crippen LogP contribution in [0.15, 0.2) is 36.5 Å². The van der Waals surface area contributed by atoms with Crippen LogP contribution in [0.4, 0.5) is 5.13 Å². The summed E-state index contributed by atoms with van der Waals surface area (Å²) in [5.74, 6) is 0.0870. The average molecular weight is 283 g/mol. The van der Waals surface area contributed by atoms with E-state index in [2.05, 4.69) is 11.1 Å². The molecule has 1 saturated heterocycles. The van der Waals surface area contributed by atoms with E-state index in [-0.39, 0.29) is 11.9 Å². The highest BCUT2D eigenvalue weighted by atomic mass is 32.1. The van der Waals surface area contributed by atoms with Gasteiger partial charge < -0.3 is 0 Å². The molecular weight excluding hydrogens is 270 g/mol. The van der Waals surface area contributed by atoms with Gasteiger partial charge in [-0.3, -0.25) is 9.69 Å². The van der Waals surface area contributed by atoms with E-state index in [1.807, 2.05) is 30.3 Å². The first-order valence-electron chi connectivity index (χ1n) is 6.52. The van der Waals surface area contributed by atoms with Crippen molar-refractivity contribution in [3.8, 4) is 6.07 Å². The van der Waals surface area contributed by atoms with Gasteiger partial charge in [0.15, 0.2) is 5.13 Å². The molecular formula is C15H13N3OS. The molecule has 1 aromatic heterocycles. The molecule has 4 nitrogen and oxygen atoms in total. The summed E-state index contributed by atoms with van der Waals surface area (Å²) in [6.45, 7) is 0. The Labute approximate surface area is 121 Å². The fraction of sp³-hybridized carbons (Fsp3) is 0.267. The molecule has 0 radical (unpaired) electrons. The molecule has 100 valence electrons. The van der Waals surface area contributed by atoms with Crippen molar-refractivity contribution >= 4 is 22.4 Å². The van der Waals surface area contributed by atoms with Crippen LogP contribution in [-0.4, -0.2) is 10.9 Å². The molecule has 2 heterocycles. The van der Waals surface area contributed by atoms with Crippen LogP contribution < -0.4 is 4.90 Å². The van der Waals surface area contributed by atoms with Gasteiger partial charge >= 0.3 is 0 Å². The SMILES string of the molecule is N#Cc1cnc(N2C(=O)CCCC2c2ccccc2)s1. The van der Waals surface area contributed by atoms with E-state index in [4.69, 9.17) is 5.26 Å². The molecule has 1 aliphatic rings. The zero-order valence-electron chi connectivity index (χ0n) is 10.8. The Bertz CT molecular complexity index is 659. The molecule has 1 aromatic carbocycles. The second kappa shape index (κ2) is 5.43. The first kappa shape index (κ1) is 12.8. The van der Waals surface area contributed by atoms with Gasteiger partial charge in [-0.25, -0.2) is 4.98 Å². The van der Waals surface area contributed by atoms with Crippen molar-refractivity contribution in [3.05, 3.63) is 47.0 Å². The number of nitriles is 1. The normalized spacial score (nSPS) is 18.9. The molecule has 1 atom stereocenters. The number of carbonyl (C=O) groups is 1. The Kier molecular flexibility index (Phi) is 3.48. The lowest BCUT2D eigenvalue weighted by Crippen LogP contribution is -2.38. The minimum Gasteiger partial charge on any atom is -0.280 e. The summed E-state index contributed by atoms with van der Waals surface area (Å²) in [6.07, 6.45) is 3.90. The van der Waals surface area contributed by atoms with Crippen molar-refractivity contribution in [2.24, 2.45) is 0 Å². The minimum atomic E-state index is 0.0233. The maximum Gasteiger partial charge on any atom is 0.229 e. The topological polar surface area (TPSA) is 57.0 Å². The van der Waals surface area contributed by atoms with E-state index in [0.29, 0.717) is 16.4 Å². The van der Waals surface area contributed by atoms with Gasteiger partial charge in [-0.2, -0.15) is 5.26 Å². The minimum absolute atomic E-state index is 0.0233. The van der Waals surface area contributed by atoms with Gasteiger partial charge in [0, 0.05) is 6.42 Å². The standard InChI is InChI=1S/C15H13N3OS/c16-9-12-10-17-15(20-12)18-13(7-4-8-14(18)19)11-5-2-1-3-6-11/h1-3,5-6,10,13H,4,7-8H2. The third-order valence-electron chi connectivity index (χ3n) is 3.44. The van der Waals surface area contributed by atoms with Crippen LogP contribution in [0.3, 0.4) is 0 Å². The van der Waals surface area contributed by atoms with Gasteiger partial charge in [0.1, 0.15) is 10.9 Å². The monoisotopic (exact) mass is 283 g/mol. The van der Waals surface area contributed by atoms with Gasteiger partial charge in [0.25, 0.3) is 0 Å². The Balaban J connectivity index is 1.99. The van der Waals surface area contributed by atoms with Crippen molar-refractivity contribution in [2.75, 3.05) is 4.90 Å². The molecule has 0 aliphatic carbocycles. The Hall–Kier alpha value is -2.19. The molecule has 1 unspecified atom stereocenters. The zero-order valence-corrected chi connectivity index (χ0v) is 11.6. The van der Waals surface area contributed by atoms with Crippen LogP contribution >= 0.6 is 11.3 Å². The van der Waals surface area contributed by atoms with Gasteiger partial charge in [0.05, 0.1) is 12.2 Å². The largest absolute Gasteiger partial charge is 0.280 e. The number of nitrogens with zero attached hydrogens (tertiary/aromatic N) is 3. The van der Waals surface area contributed by atoms with Gasteiger partial charge in [-0.15, -0.1) is 0 Å². The molecule has 20 heavy (non-hydrogen) atoms. The number of anilines is 1. The van der Waals surface area contributed by atoms with Crippen LogP contribution in [0.5, 0.6) is 0 Å². The van der Waals surface area contributed by atoms with Gasteiger partial charge in [0.2, 0.25) is 5.91 Å².